The molecule has 0 spiro atoms. The van der Waals surface area contributed by atoms with E-state index in [0.29, 0.717) is 37.8 Å². The second-order valence-corrected chi connectivity index (χ2v) is 7.53. The quantitative estimate of drug-likeness (QED) is 0.313. The number of amides is 1. The zero-order valence-electron chi connectivity index (χ0n) is 18.5. The average molecular weight is 576 g/mol. The molecular formula is C23H28F3IN4O2. The number of nitrogens with one attached hydrogen (secondary N) is 2. The number of hydrogen-bond acceptors (Lipinski definition) is 3. The molecule has 1 aliphatic rings. The molecule has 0 bridgehead atoms. The summed E-state index contributed by atoms with van der Waals surface area (Å²) in [5.74, 6) is 0.567. The Balaban J connectivity index is 0.00000385. The number of rotatable bonds is 5. The molecular weight excluding hydrogens is 548 g/mol. The van der Waals surface area contributed by atoms with Gasteiger partial charge in [0.05, 0.1) is 18.7 Å². The van der Waals surface area contributed by atoms with Crippen LogP contribution in [-0.4, -0.2) is 50.1 Å². The highest BCUT2D eigenvalue weighted by Crippen LogP contribution is 2.32. The van der Waals surface area contributed by atoms with Crippen molar-refractivity contribution in [2.24, 2.45) is 4.99 Å². The summed E-state index contributed by atoms with van der Waals surface area (Å²) in [6.45, 7) is 3.50. The summed E-state index contributed by atoms with van der Waals surface area (Å²) in [7, 11) is 1.68. The molecule has 2 aromatic rings. The highest BCUT2D eigenvalue weighted by Gasteiger charge is 2.32. The lowest BCUT2D eigenvalue weighted by Crippen LogP contribution is -2.48. The topological polar surface area (TPSA) is 66.0 Å². The van der Waals surface area contributed by atoms with Crippen LogP contribution in [0.2, 0.25) is 0 Å². The number of ether oxygens (including phenoxy) is 1. The van der Waals surface area contributed by atoms with E-state index >= 15 is 0 Å². The molecule has 0 saturated carbocycles. The van der Waals surface area contributed by atoms with Crippen LogP contribution in [0.1, 0.15) is 29.7 Å². The SMILES string of the molecule is CN=C(NCCc1ccc(NC(C)=O)cc1)N1CCOC(c2cccc(C(F)(F)F)c2)C1.I. The van der Waals surface area contributed by atoms with Crippen LogP contribution in [0, 0.1) is 0 Å². The number of anilines is 1. The van der Waals surface area contributed by atoms with Crippen LogP contribution in [-0.2, 0) is 22.1 Å². The number of guanidine groups is 1. The number of carbonyl (C=O) groups is 1. The molecule has 1 unspecified atom stereocenters. The van der Waals surface area contributed by atoms with E-state index in [2.05, 4.69) is 15.6 Å². The molecule has 1 heterocycles. The molecule has 1 fully saturated rings. The van der Waals surface area contributed by atoms with Crippen molar-refractivity contribution >= 4 is 41.5 Å². The van der Waals surface area contributed by atoms with Crippen molar-refractivity contribution in [1.82, 2.24) is 10.2 Å². The molecule has 10 heteroatoms. The maximum Gasteiger partial charge on any atom is 0.416 e. The normalized spacial score (nSPS) is 16.7. The Morgan fingerprint density at radius 2 is 1.94 bits per heavy atom. The van der Waals surface area contributed by atoms with E-state index in [4.69, 9.17) is 4.74 Å². The summed E-state index contributed by atoms with van der Waals surface area (Å²) in [6.07, 6.45) is -4.10. The van der Waals surface area contributed by atoms with Crippen molar-refractivity contribution in [3.05, 3.63) is 65.2 Å². The van der Waals surface area contributed by atoms with Crippen LogP contribution in [0.3, 0.4) is 0 Å². The number of halogens is 4. The maximum absolute atomic E-state index is 13.1. The number of carbonyl (C=O) groups excluding carboxylic acids is 1. The van der Waals surface area contributed by atoms with E-state index in [9.17, 15) is 18.0 Å². The number of alkyl halides is 3. The van der Waals surface area contributed by atoms with Crippen LogP contribution in [0.5, 0.6) is 0 Å². The van der Waals surface area contributed by atoms with Crippen molar-refractivity contribution in [2.75, 3.05) is 38.6 Å². The van der Waals surface area contributed by atoms with Gasteiger partial charge < -0.3 is 20.3 Å². The molecule has 0 aromatic heterocycles. The van der Waals surface area contributed by atoms with Gasteiger partial charge in [-0.2, -0.15) is 13.2 Å². The van der Waals surface area contributed by atoms with Gasteiger partial charge in [-0.3, -0.25) is 9.79 Å². The molecule has 1 amide bonds. The first-order valence-corrected chi connectivity index (χ1v) is 10.4. The molecule has 2 N–H and O–H groups in total. The van der Waals surface area contributed by atoms with E-state index in [1.807, 2.05) is 29.2 Å². The third-order valence-corrected chi connectivity index (χ3v) is 5.13. The standard InChI is InChI=1S/C23H27F3N4O2.HI/c1-16(31)29-20-8-6-17(7-9-20)10-11-28-22(27-2)30-12-13-32-21(15-30)18-4-3-5-19(14-18)23(24,25)26;/h3-9,14,21H,10-13,15H2,1-2H3,(H,27,28)(H,29,31);1H. The van der Waals surface area contributed by atoms with Gasteiger partial charge in [0.1, 0.15) is 6.10 Å². The van der Waals surface area contributed by atoms with E-state index in [0.717, 1.165) is 29.8 Å². The van der Waals surface area contributed by atoms with Crippen LogP contribution in [0.25, 0.3) is 0 Å². The Hall–Kier alpha value is -2.34. The first-order valence-electron chi connectivity index (χ1n) is 10.4. The van der Waals surface area contributed by atoms with E-state index in [1.54, 1.807) is 13.1 Å². The first kappa shape index (κ1) is 26.9. The fourth-order valence-electron chi connectivity index (χ4n) is 3.57. The molecule has 1 atom stereocenters. The summed E-state index contributed by atoms with van der Waals surface area (Å²) in [5, 5.41) is 6.05. The zero-order chi connectivity index (χ0) is 23.1. The zero-order valence-corrected chi connectivity index (χ0v) is 20.8. The smallest absolute Gasteiger partial charge is 0.370 e. The second-order valence-electron chi connectivity index (χ2n) is 7.53. The molecule has 2 aromatic carbocycles. The van der Waals surface area contributed by atoms with Crippen molar-refractivity contribution < 1.29 is 22.7 Å². The Labute approximate surface area is 208 Å². The van der Waals surface area contributed by atoms with Gasteiger partial charge in [0.25, 0.3) is 0 Å². The molecule has 1 aliphatic heterocycles. The summed E-state index contributed by atoms with van der Waals surface area (Å²) in [4.78, 5) is 17.4. The lowest BCUT2D eigenvalue weighted by molar-refractivity contribution is -0.137. The lowest BCUT2D eigenvalue weighted by atomic mass is 10.0. The number of aliphatic imine (C=N–C) groups is 1. The Kier molecular flexibility index (Phi) is 9.96. The fourth-order valence-corrected chi connectivity index (χ4v) is 3.57. The van der Waals surface area contributed by atoms with Gasteiger partial charge in [0, 0.05) is 32.7 Å². The molecule has 0 radical (unpaired) electrons. The Morgan fingerprint density at radius 3 is 2.58 bits per heavy atom. The molecule has 1 saturated heterocycles. The largest absolute Gasteiger partial charge is 0.416 e. The van der Waals surface area contributed by atoms with E-state index in [-0.39, 0.29) is 29.9 Å². The van der Waals surface area contributed by atoms with Crippen LogP contribution < -0.4 is 10.6 Å². The van der Waals surface area contributed by atoms with Gasteiger partial charge in [0.15, 0.2) is 5.96 Å². The molecule has 33 heavy (non-hydrogen) atoms. The first-order chi connectivity index (χ1) is 15.3. The van der Waals surface area contributed by atoms with E-state index < -0.39 is 17.8 Å². The van der Waals surface area contributed by atoms with Crippen molar-refractivity contribution in [1.29, 1.82) is 0 Å². The minimum absolute atomic E-state index is 0. The number of hydrogen-bond donors (Lipinski definition) is 2. The molecule has 0 aliphatic carbocycles. The van der Waals surface area contributed by atoms with Gasteiger partial charge in [-0.15, -0.1) is 24.0 Å². The van der Waals surface area contributed by atoms with Crippen LogP contribution in [0.4, 0.5) is 18.9 Å². The molecule has 6 nitrogen and oxygen atoms in total. The van der Waals surface area contributed by atoms with Gasteiger partial charge in [-0.25, -0.2) is 0 Å². The third-order valence-electron chi connectivity index (χ3n) is 5.13. The maximum atomic E-state index is 13.1. The predicted molar refractivity (Wildman–Crippen MR) is 133 cm³/mol. The lowest BCUT2D eigenvalue weighted by Gasteiger charge is -2.35. The number of morpholine rings is 1. The van der Waals surface area contributed by atoms with Gasteiger partial charge in [-0.1, -0.05) is 24.3 Å². The number of benzene rings is 2. The third kappa shape index (κ3) is 7.88. The minimum Gasteiger partial charge on any atom is -0.370 e. The Bertz CT molecular complexity index is 951. The monoisotopic (exact) mass is 576 g/mol. The van der Waals surface area contributed by atoms with Crippen molar-refractivity contribution in [2.45, 2.75) is 25.6 Å². The number of nitrogens with zero attached hydrogens (tertiary/aromatic N) is 2. The fraction of sp³-hybridized carbons (Fsp3) is 0.391. The summed E-state index contributed by atoms with van der Waals surface area (Å²) >= 11 is 0. The highest BCUT2D eigenvalue weighted by molar-refractivity contribution is 14.0. The Morgan fingerprint density at radius 1 is 1.21 bits per heavy atom. The van der Waals surface area contributed by atoms with E-state index in [1.165, 1.54) is 13.0 Å². The van der Waals surface area contributed by atoms with Gasteiger partial charge >= 0.3 is 6.18 Å². The summed E-state index contributed by atoms with van der Waals surface area (Å²) in [5.41, 5.74) is 1.67. The van der Waals surface area contributed by atoms with Gasteiger partial charge in [0.2, 0.25) is 5.91 Å². The summed E-state index contributed by atoms with van der Waals surface area (Å²) in [6, 6.07) is 12.9. The minimum atomic E-state index is -4.39. The highest BCUT2D eigenvalue weighted by atomic mass is 127. The molecule has 3 rings (SSSR count). The second kappa shape index (κ2) is 12.2. The van der Waals surface area contributed by atoms with Crippen molar-refractivity contribution in [3.63, 3.8) is 0 Å². The van der Waals surface area contributed by atoms with Gasteiger partial charge in [-0.05, 0) is 41.8 Å². The van der Waals surface area contributed by atoms with Crippen LogP contribution >= 0.6 is 24.0 Å². The van der Waals surface area contributed by atoms with Crippen LogP contribution in [0.15, 0.2) is 53.5 Å². The predicted octanol–water partition coefficient (Wildman–Crippen LogP) is 4.47. The summed E-state index contributed by atoms with van der Waals surface area (Å²) < 4.78 is 44.9. The molecule has 180 valence electrons. The average Bonchev–Trinajstić information content (AvgIpc) is 2.77. The van der Waals surface area contributed by atoms with Crippen molar-refractivity contribution in [3.8, 4) is 0 Å².